The molecule has 2 heterocycles. The summed E-state index contributed by atoms with van der Waals surface area (Å²) in [5.41, 5.74) is 4.13. The monoisotopic (exact) mass is 727 g/mol. The highest BCUT2D eigenvalue weighted by Crippen LogP contribution is 2.22. The van der Waals surface area contributed by atoms with Crippen LogP contribution in [0.15, 0.2) is 122 Å². The predicted molar refractivity (Wildman–Crippen MR) is 207 cm³/mol. The van der Waals surface area contributed by atoms with E-state index in [-0.39, 0.29) is 25.9 Å². The van der Waals surface area contributed by atoms with Crippen LogP contribution in [0, 0.1) is 0 Å². The van der Waals surface area contributed by atoms with E-state index in [2.05, 4.69) is 25.9 Å². The van der Waals surface area contributed by atoms with Crippen molar-refractivity contribution in [2.45, 2.75) is 70.4 Å². The SMILES string of the molecule is CC(C)(C)OC(=O)N[C@H](Cc1c[nH]c2ccccc12)C(=O)N[C@H](Cc1c[nH]c2ccccc12)C(=O)N[C@@H](Cc1ccccc1)C(=O)OCc1ccccc1. The Morgan fingerprint density at radius 2 is 1.04 bits per heavy atom. The second kappa shape index (κ2) is 17.0. The summed E-state index contributed by atoms with van der Waals surface area (Å²) in [4.78, 5) is 61.9. The number of alkyl carbamates (subject to hydrolysis) is 1. The fraction of sp³-hybridized carbons (Fsp3) is 0.256. The summed E-state index contributed by atoms with van der Waals surface area (Å²) in [6.45, 7) is 5.24. The molecule has 5 N–H and O–H groups in total. The van der Waals surface area contributed by atoms with E-state index >= 15 is 0 Å². The maximum atomic E-state index is 14.4. The van der Waals surface area contributed by atoms with Gasteiger partial charge in [0.05, 0.1) is 0 Å². The number of fused-ring (bicyclic) bond motifs is 2. The minimum atomic E-state index is -1.15. The number of carbonyl (C=O) groups is 4. The summed E-state index contributed by atoms with van der Waals surface area (Å²) < 4.78 is 11.2. The highest BCUT2D eigenvalue weighted by molar-refractivity contribution is 5.95. The predicted octanol–water partition coefficient (Wildman–Crippen LogP) is 6.28. The lowest BCUT2D eigenvalue weighted by Crippen LogP contribution is -2.57. The van der Waals surface area contributed by atoms with Gasteiger partial charge in [0, 0.05) is 53.5 Å². The number of hydrogen-bond donors (Lipinski definition) is 5. The van der Waals surface area contributed by atoms with Gasteiger partial charge in [0.2, 0.25) is 11.8 Å². The molecule has 0 spiro atoms. The molecule has 0 aliphatic rings. The maximum absolute atomic E-state index is 14.4. The lowest BCUT2D eigenvalue weighted by atomic mass is 10.0. The average molecular weight is 728 g/mol. The molecule has 0 aliphatic heterocycles. The van der Waals surface area contributed by atoms with Gasteiger partial charge in [-0.15, -0.1) is 0 Å². The molecule has 54 heavy (non-hydrogen) atoms. The third kappa shape index (κ3) is 9.94. The van der Waals surface area contributed by atoms with Gasteiger partial charge in [-0.2, -0.15) is 0 Å². The van der Waals surface area contributed by atoms with Crippen LogP contribution in [0.25, 0.3) is 21.8 Å². The molecule has 4 aromatic carbocycles. The first-order valence-corrected chi connectivity index (χ1v) is 18.0. The minimum absolute atomic E-state index is 0.0299. The van der Waals surface area contributed by atoms with Crippen LogP contribution in [-0.2, 0) is 49.7 Å². The van der Waals surface area contributed by atoms with E-state index in [0.29, 0.717) is 0 Å². The van der Waals surface area contributed by atoms with E-state index in [1.165, 1.54) is 0 Å². The Morgan fingerprint density at radius 3 is 1.57 bits per heavy atom. The third-order valence-electron chi connectivity index (χ3n) is 8.95. The second-order valence-corrected chi connectivity index (χ2v) is 14.2. The molecule has 11 heteroatoms. The number of aromatic nitrogens is 2. The zero-order valence-electron chi connectivity index (χ0n) is 30.6. The Hall–Kier alpha value is -6.36. The number of H-pyrrole nitrogens is 2. The third-order valence-corrected chi connectivity index (χ3v) is 8.95. The van der Waals surface area contributed by atoms with Crippen LogP contribution in [0.3, 0.4) is 0 Å². The molecule has 6 rings (SSSR count). The van der Waals surface area contributed by atoms with Crippen molar-refractivity contribution < 1.29 is 28.7 Å². The molecule has 3 atom stereocenters. The smallest absolute Gasteiger partial charge is 0.408 e. The molecule has 0 radical (unpaired) electrons. The van der Waals surface area contributed by atoms with E-state index in [9.17, 15) is 19.2 Å². The highest BCUT2D eigenvalue weighted by atomic mass is 16.6. The van der Waals surface area contributed by atoms with Crippen LogP contribution in [-0.4, -0.2) is 57.6 Å². The number of para-hydroxylation sites is 2. The number of ether oxygens (including phenoxy) is 2. The van der Waals surface area contributed by atoms with Gasteiger partial charge in [-0.05, 0) is 55.2 Å². The van der Waals surface area contributed by atoms with Gasteiger partial charge >= 0.3 is 12.1 Å². The van der Waals surface area contributed by atoms with Crippen LogP contribution in [0.2, 0.25) is 0 Å². The van der Waals surface area contributed by atoms with Gasteiger partial charge in [0.15, 0.2) is 0 Å². The summed E-state index contributed by atoms with van der Waals surface area (Å²) in [5.74, 6) is -1.80. The van der Waals surface area contributed by atoms with Gasteiger partial charge in [-0.25, -0.2) is 9.59 Å². The van der Waals surface area contributed by atoms with Gasteiger partial charge in [0.25, 0.3) is 0 Å². The molecule has 0 saturated carbocycles. The largest absolute Gasteiger partial charge is 0.459 e. The van der Waals surface area contributed by atoms with Crippen molar-refractivity contribution in [3.05, 3.63) is 144 Å². The van der Waals surface area contributed by atoms with Crippen molar-refractivity contribution in [1.29, 1.82) is 0 Å². The van der Waals surface area contributed by atoms with Crippen molar-refractivity contribution >= 4 is 45.7 Å². The average Bonchev–Trinajstić information content (AvgIpc) is 3.77. The van der Waals surface area contributed by atoms with Crippen LogP contribution in [0.4, 0.5) is 4.79 Å². The van der Waals surface area contributed by atoms with Crippen LogP contribution in [0.1, 0.15) is 43.0 Å². The molecule has 6 aromatic rings. The van der Waals surface area contributed by atoms with Crippen molar-refractivity contribution in [2.24, 2.45) is 0 Å². The van der Waals surface area contributed by atoms with E-state index in [1.54, 1.807) is 33.2 Å². The number of nitrogens with one attached hydrogen (secondary N) is 5. The van der Waals surface area contributed by atoms with Crippen molar-refractivity contribution in [3.8, 4) is 0 Å². The number of rotatable bonds is 14. The lowest BCUT2D eigenvalue weighted by molar-refractivity contribution is -0.149. The first-order chi connectivity index (χ1) is 26.0. The molecule has 0 unspecified atom stereocenters. The number of esters is 1. The van der Waals surface area contributed by atoms with Gasteiger partial charge < -0.3 is 35.4 Å². The Morgan fingerprint density at radius 1 is 0.574 bits per heavy atom. The van der Waals surface area contributed by atoms with Gasteiger partial charge in [-0.3, -0.25) is 9.59 Å². The Balaban J connectivity index is 1.28. The molecule has 2 aromatic heterocycles. The fourth-order valence-electron chi connectivity index (χ4n) is 6.33. The topological polar surface area (TPSA) is 154 Å². The first-order valence-electron chi connectivity index (χ1n) is 18.0. The van der Waals surface area contributed by atoms with Crippen LogP contribution < -0.4 is 16.0 Å². The summed E-state index contributed by atoms with van der Waals surface area (Å²) >= 11 is 0. The van der Waals surface area contributed by atoms with Gasteiger partial charge in [0.1, 0.15) is 30.3 Å². The Kier molecular flexibility index (Phi) is 11.8. The second-order valence-electron chi connectivity index (χ2n) is 14.2. The molecule has 0 saturated heterocycles. The number of carbonyl (C=O) groups excluding carboxylic acids is 4. The zero-order chi connectivity index (χ0) is 38.1. The first kappa shape index (κ1) is 37.4. The summed E-state index contributed by atoms with van der Waals surface area (Å²) in [6.07, 6.45) is 3.19. The lowest BCUT2D eigenvalue weighted by Gasteiger charge is -2.26. The van der Waals surface area contributed by atoms with E-state index in [4.69, 9.17) is 9.47 Å². The van der Waals surface area contributed by atoms with E-state index in [1.807, 2.05) is 109 Å². The Labute approximate surface area is 313 Å². The fourth-order valence-corrected chi connectivity index (χ4v) is 6.33. The summed E-state index contributed by atoms with van der Waals surface area (Å²) in [7, 11) is 0. The quantitative estimate of drug-likeness (QED) is 0.0833. The van der Waals surface area contributed by atoms with E-state index in [0.717, 1.165) is 44.1 Å². The molecule has 0 aliphatic carbocycles. The maximum Gasteiger partial charge on any atom is 0.408 e. The molecule has 3 amide bonds. The zero-order valence-corrected chi connectivity index (χ0v) is 30.6. The highest BCUT2D eigenvalue weighted by Gasteiger charge is 2.32. The number of hydrogen-bond acceptors (Lipinski definition) is 6. The number of amides is 3. The van der Waals surface area contributed by atoms with E-state index < -0.39 is 47.6 Å². The number of aromatic amines is 2. The molecular formula is C43H45N5O6. The molecule has 0 bridgehead atoms. The standard InChI is InChI=1S/C43H45N5O6/c1-43(2,3)54-42(52)48-37(24-31-26-45-35-21-13-11-19-33(31)35)40(50)46-36(23-30-25-44-34-20-12-10-18-32(30)34)39(49)47-38(22-28-14-6-4-7-15-28)41(51)53-27-29-16-8-5-9-17-29/h4-21,25-26,36-38,44-45H,22-24,27H2,1-3H3,(H,46,50)(H,47,49)(H,48,52)/t36-,37-,38+/m1/s1. The van der Waals surface area contributed by atoms with Gasteiger partial charge in [-0.1, -0.05) is 97.1 Å². The van der Waals surface area contributed by atoms with Crippen LogP contribution in [0.5, 0.6) is 0 Å². The summed E-state index contributed by atoms with van der Waals surface area (Å²) in [6, 6.07) is 30.6. The normalized spacial score (nSPS) is 13.1. The van der Waals surface area contributed by atoms with Crippen molar-refractivity contribution in [3.63, 3.8) is 0 Å². The van der Waals surface area contributed by atoms with Crippen LogP contribution >= 0.6 is 0 Å². The Bertz CT molecular complexity index is 2210. The molecule has 278 valence electrons. The van der Waals surface area contributed by atoms with Crippen molar-refractivity contribution in [2.75, 3.05) is 0 Å². The number of benzene rings is 4. The molecule has 0 fully saturated rings. The molecular weight excluding hydrogens is 683 g/mol. The summed E-state index contributed by atoms with van der Waals surface area (Å²) in [5, 5.41) is 10.3. The minimum Gasteiger partial charge on any atom is -0.459 e. The molecule has 11 nitrogen and oxygen atoms in total. The van der Waals surface area contributed by atoms with Crippen molar-refractivity contribution in [1.82, 2.24) is 25.9 Å².